The molecule has 1 atom stereocenters. The molecule has 94 valence electrons. The highest BCUT2D eigenvalue weighted by atomic mass is 16.4. The van der Waals surface area contributed by atoms with Gasteiger partial charge in [0.15, 0.2) is 0 Å². The standard InChI is InChI=1S/C12H23NO3/c1-3-5-11(14)13-9-8-10(4-2)6-7-12(15)16/h10H,3-9H2,1-2H3,(H,13,14)(H,15,16). The van der Waals surface area contributed by atoms with Crippen LogP contribution in [0.3, 0.4) is 0 Å². The first kappa shape index (κ1) is 14.9. The van der Waals surface area contributed by atoms with Crippen LogP contribution in [0.4, 0.5) is 0 Å². The molecule has 0 spiro atoms. The molecule has 0 aromatic carbocycles. The number of carbonyl (C=O) groups is 2. The summed E-state index contributed by atoms with van der Waals surface area (Å²) in [5, 5.41) is 11.4. The van der Waals surface area contributed by atoms with Gasteiger partial charge in [0.05, 0.1) is 0 Å². The zero-order valence-corrected chi connectivity index (χ0v) is 10.3. The van der Waals surface area contributed by atoms with Crippen molar-refractivity contribution in [1.82, 2.24) is 5.32 Å². The number of nitrogens with one attached hydrogen (secondary N) is 1. The van der Waals surface area contributed by atoms with E-state index in [-0.39, 0.29) is 12.3 Å². The predicted molar refractivity (Wildman–Crippen MR) is 63.2 cm³/mol. The summed E-state index contributed by atoms with van der Waals surface area (Å²) in [6, 6.07) is 0. The number of hydrogen-bond acceptors (Lipinski definition) is 2. The van der Waals surface area contributed by atoms with E-state index in [1.165, 1.54) is 0 Å². The van der Waals surface area contributed by atoms with E-state index in [1.54, 1.807) is 0 Å². The normalized spacial score (nSPS) is 12.1. The maximum atomic E-state index is 11.2. The molecule has 1 amide bonds. The van der Waals surface area contributed by atoms with Crippen molar-refractivity contribution >= 4 is 11.9 Å². The molecule has 0 heterocycles. The van der Waals surface area contributed by atoms with Gasteiger partial charge in [-0.25, -0.2) is 0 Å². The van der Waals surface area contributed by atoms with E-state index in [0.717, 1.165) is 19.3 Å². The summed E-state index contributed by atoms with van der Waals surface area (Å²) >= 11 is 0. The molecule has 2 N–H and O–H groups in total. The lowest BCUT2D eigenvalue weighted by Crippen LogP contribution is -2.25. The third kappa shape index (κ3) is 8.26. The van der Waals surface area contributed by atoms with E-state index in [4.69, 9.17) is 5.11 Å². The van der Waals surface area contributed by atoms with Crippen molar-refractivity contribution < 1.29 is 14.7 Å². The summed E-state index contributed by atoms with van der Waals surface area (Å²) in [6.45, 7) is 4.69. The number of carboxylic acid groups (broad SMARTS) is 1. The van der Waals surface area contributed by atoms with Crippen LogP contribution in [0, 0.1) is 5.92 Å². The van der Waals surface area contributed by atoms with E-state index in [2.05, 4.69) is 12.2 Å². The fourth-order valence-corrected chi connectivity index (χ4v) is 1.61. The Morgan fingerprint density at radius 1 is 1.19 bits per heavy atom. The van der Waals surface area contributed by atoms with Crippen LogP contribution in [-0.4, -0.2) is 23.5 Å². The molecule has 0 saturated carbocycles. The second-order valence-corrected chi connectivity index (χ2v) is 4.10. The van der Waals surface area contributed by atoms with Crippen LogP contribution in [0.2, 0.25) is 0 Å². The third-order valence-corrected chi connectivity index (χ3v) is 2.70. The molecular formula is C12H23NO3. The Bertz CT molecular complexity index is 216. The van der Waals surface area contributed by atoms with Gasteiger partial charge in [0, 0.05) is 19.4 Å². The Morgan fingerprint density at radius 3 is 2.38 bits per heavy atom. The van der Waals surface area contributed by atoms with Crippen molar-refractivity contribution in [2.75, 3.05) is 6.54 Å². The number of carbonyl (C=O) groups excluding carboxylic acids is 1. The van der Waals surface area contributed by atoms with E-state index in [0.29, 0.717) is 25.3 Å². The van der Waals surface area contributed by atoms with Gasteiger partial charge in [-0.1, -0.05) is 20.3 Å². The lowest BCUT2D eigenvalue weighted by atomic mass is 9.96. The van der Waals surface area contributed by atoms with Gasteiger partial charge in [0.2, 0.25) is 5.91 Å². The van der Waals surface area contributed by atoms with E-state index in [9.17, 15) is 9.59 Å². The van der Waals surface area contributed by atoms with Gasteiger partial charge >= 0.3 is 5.97 Å². The fraction of sp³-hybridized carbons (Fsp3) is 0.833. The summed E-state index contributed by atoms with van der Waals surface area (Å²) in [6.07, 6.45) is 4.21. The summed E-state index contributed by atoms with van der Waals surface area (Å²) < 4.78 is 0. The van der Waals surface area contributed by atoms with Crippen molar-refractivity contribution in [3.63, 3.8) is 0 Å². The molecule has 0 saturated heterocycles. The smallest absolute Gasteiger partial charge is 0.303 e. The minimum absolute atomic E-state index is 0.0931. The molecule has 0 radical (unpaired) electrons. The maximum Gasteiger partial charge on any atom is 0.303 e. The molecular weight excluding hydrogens is 206 g/mol. The molecule has 0 fully saturated rings. The van der Waals surface area contributed by atoms with Crippen molar-refractivity contribution in [3.05, 3.63) is 0 Å². The zero-order valence-electron chi connectivity index (χ0n) is 10.3. The van der Waals surface area contributed by atoms with Gasteiger partial charge in [-0.3, -0.25) is 9.59 Å². The van der Waals surface area contributed by atoms with Crippen molar-refractivity contribution in [2.45, 2.75) is 52.4 Å². The first-order valence-corrected chi connectivity index (χ1v) is 6.08. The summed E-state index contributed by atoms with van der Waals surface area (Å²) in [5.41, 5.74) is 0. The van der Waals surface area contributed by atoms with Gasteiger partial charge in [-0.15, -0.1) is 0 Å². The van der Waals surface area contributed by atoms with Gasteiger partial charge in [-0.2, -0.15) is 0 Å². The topological polar surface area (TPSA) is 66.4 Å². The summed E-state index contributed by atoms with van der Waals surface area (Å²) in [5.74, 6) is -0.248. The second-order valence-electron chi connectivity index (χ2n) is 4.10. The van der Waals surface area contributed by atoms with Gasteiger partial charge < -0.3 is 10.4 Å². The molecule has 0 rings (SSSR count). The van der Waals surface area contributed by atoms with Crippen LogP contribution in [0.25, 0.3) is 0 Å². The van der Waals surface area contributed by atoms with Gasteiger partial charge in [0.1, 0.15) is 0 Å². The predicted octanol–water partition coefficient (Wildman–Crippen LogP) is 2.18. The van der Waals surface area contributed by atoms with Gasteiger partial charge in [0.25, 0.3) is 0 Å². The van der Waals surface area contributed by atoms with E-state index < -0.39 is 5.97 Å². The molecule has 0 aromatic heterocycles. The number of aliphatic carboxylic acids is 1. The Hall–Kier alpha value is -1.06. The Labute approximate surface area is 97.4 Å². The molecule has 1 unspecified atom stereocenters. The average molecular weight is 229 g/mol. The lowest BCUT2D eigenvalue weighted by molar-refractivity contribution is -0.137. The minimum atomic E-state index is -0.742. The second kappa shape index (κ2) is 9.19. The molecule has 0 aliphatic heterocycles. The van der Waals surface area contributed by atoms with Crippen molar-refractivity contribution in [3.8, 4) is 0 Å². The van der Waals surface area contributed by atoms with Crippen LogP contribution < -0.4 is 5.32 Å². The maximum absolute atomic E-state index is 11.2. The van der Waals surface area contributed by atoms with Crippen molar-refractivity contribution in [1.29, 1.82) is 0 Å². The Kier molecular flexibility index (Phi) is 8.58. The molecule has 4 nitrogen and oxygen atoms in total. The largest absolute Gasteiger partial charge is 0.481 e. The monoisotopic (exact) mass is 229 g/mol. The van der Waals surface area contributed by atoms with Crippen LogP contribution >= 0.6 is 0 Å². The highest BCUT2D eigenvalue weighted by Gasteiger charge is 2.09. The van der Waals surface area contributed by atoms with Gasteiger partial charge in [-0.05, 0) is 25.2 Å². The highest BCUT2D eigenvalue weighted by molar-refractivity contribution is 5.75. The summed E-state index contributed by atoms with van der Waals surface area (Å²) in [4.78, 5) is 21.6. The number of amides is 1. The fourth-order valence-electron chi connectivity index (χ4n) is 1.61. The third-order valence-electron chi connectivity index (χ3n) is 2.70. The van der Waals surface area contributed by atoms with Crippen LogP contribution in [0.15, 0.2) is 0 Å². The summed E-state index contributed by atoms with van der Waals surface area (Å²) in [7, 11) is 0. The van der Waals surface area contributed by atoms with Crippen LogP contribution in [0.1, 0.15) is 52.4 Å². The molecule has 16 heavy (non-hydrogen) atoms. The molecule has 4 heteroatoms. The van der Waals surface area contributed by atoms with E-state index in [1.807, 2.05) is 6.92 Å². The number of hydrogen-bond donors (Lipinski definition) is 2. The molecule has 0 aromatic rings. The molecule has 0 aliphatic carbocycles. The van der Waals surface area contributed by atoms with Crippen LogP contribution in [0.5, 0.6) is 0 Å². The zero-order chi connectivity index (χ0) is 12.4. The molecule has 0 aliphatic rings. The highest BCUT2D eigenvalue weighted by Crippen LogP contribution is 2.14. The van der Waals surface area contributed by atoms with Crippen LogP contribution in [-0.2, 0) is 9.59 Å². The first-order chi connectivity index (χ1) is 7.60. The quantitative estimate of drug-likeness (QED) is 0.637. The minimum Gasteiger partial charge on any atom is -0.481 e. The van der Waals surface area contributed by atoms with Crippen molar-refractivity contribution in [2.24, 2.45) is 5.92 Å². The lowest BCUT2D eigenvalue weighted by Gasteiger charge is -2.13. The molecule has 0 bridgehead atoms. The SMILES string of the molecule is CCCC(=O)NCCC(CC)CCC(=O)O. The number of carboxylic acids is 1. The average Bonchev–Trinajstić information content (AvgIpc) is 2.23. The van der Waals surface area contributed by atoms with E-state index >= 15 is 0 Å². The Balaban J connectivity index is 3.62. The first-order valence-electron chi connectivity index (χ1n) is 6.08. The Morgan fingerprint density at radius 2 is 1.88 bits per heavy atom. The number of rotatable bonds is 9.